The minimum absolute atomic E-state index is 0. The van der Waals surface area contributed by atoms with Crippen molar-refractivity contribution in [3.8, 4) is 0 Å². The highest BCUT2D eigenvalue weighted by atomic mass is 127. The van der Waals surface area contributed by atoms with Crippen molar-refractivity contribution in [2.75, 3.05) is 26.2 Å². The van der Waals surface area contributed by atoms with Gasteiger partial charge >= 0.3 is 0 Å². The molecule has 0 aromatic carbocycles. The molecule has 1 heterocycles. The van der Waals surface area contributed by atoms with Gasteiger partial charge in [0, 0.05) is 25.2 Å². The molecule has 1 rings (SSSR count). The predicted octanol–water partition coefficient (Wildman–Crippen LogP) is 2.05. The van der Waals surface area contributed by atoms with Crippen molar-refractivity contribution in [1.29, 1.82) is 0 Å². The van der Waals surface area contributed by atoms with E-state index in [4.69, 9.17) is 4.42 Å². The van der Waals surface area contributed by atoms with Gasteiger partial charge in [0.1, 0.15) is 11.4 Å². The van der Waals surface area contributed by atoms with Gasteiger partial charge in [-0.3, -0.25) is 0 Å². The van der Waals surface area contributed by atoms with E-state index in [1.807, 2.05) is 6.92 Å². The molecule has 0 saturated carbocycles. The van der Waals surface area contributed by atoms with Crippen molar-refractivity contribution in [2.24, 2.45) is 4.99 Å². The highest BCUT2D eigenvalue weighted by Gasteiger charge is 2.26. The van der Waals surface area contributed by atoms with Crippen molar-refractivity contribution >= 4 is 29.9 Å². The third-order valence-electron chi connectivity index (χ3n) is 3.01. The Balaban J connectivity index is 0.00000484. The fourth-order valence-corrected chi connectivity index (χ4v) is 1.86. The number of furan rings is 1. The minimum Gasteiger partial charge on any atom is -0.466 e. The zero-order chi connectivity index (χ0) is 16.6. The molecule has 0 aliphatic heterocycles. The Labute approximate surface area is 156 Å². The van der Waals surface area contributed by atoms with E-state index in [-0.39, 0.29) is 36.1 Å². The van der Waals surface area contributed by atoms with E-state index >= 15 is 0 Å². The van der Waals surface area contributed by atoms with Gasteiger partial charge in [-0.15, -0.1) is 24.0 Å². The van der Waals surface area contributed by atoms with Crippen LogP contribution in [0.2, 0.25) is 0 Å². The lowest BCUT2D eigenvalue weighted by atomic mass is 10.0. The van der Waals surface area contributed by atoms with Crippen LogP contribution in [-0.2, 0) is 5.60 Å². The molecular formula is C16H31IN4O2. The normalized spacial score (nSPS) is 14.8. The van der Waals surface area contributed by atoms with E-state index in [1.165, 1.54) is 0 Å². The number of hydrogen-bond acceptors (Lipinski definition) is 4. The Morgan fingerprint density at radius 3 is 2.43 bits per heavy atom. The molecule has 7 heteroatoms. The van der Waals surface area contributed by atoms with Crippen molar-refractivity contribution in [2.45, 2.75) is 45.8 Å². The maximum absolute atomic E-state index is 10.4. The maximum Gasteiger partial charge on any atom is 0.191 e. The molecule has 0 saturated heterocycles. The summed E-state index contributed by atoms with van der Waals surface area (Å²) >= 11 is 0. The summed E-state index contributed by atoms with van der Waals surface area (Å²) in [7, 11) is 0. The summed E-state index contributed by atoms with van der Waals surface area (Å²) in [5.41, 5.74) is -1.02. The average Bonchev–Trinajstić information content (AvgIpc) is 2.94. The van der Waals surface area contributed by atoms with Crippen molar-refractivity contribution in [3.05, 3.63) is 24.2 Å². The summed E-state index contributed by atoms with van der Waals surface area (Å²) in [6, 6.07) is 3.51. The second-order valence-electron chi connectivity index (χ2n) is 6.55. The van der Waals surface area contributed by atoms with Crippen molar-refractivity contribution in [3.63, 3.8) is 0 Å². The van der Waals surface area contributed by atoms with E-state index in [0.29, 0.717) is 11.7 Å². The molecule has 6 nitrogen and oxygen atoms in total. The van der Waals surface area contributed by atoms with Gasteiger partial charge in [-0.1, -0.05) is 0 Å². The number of aliphatic imine (C=N–C) groups is 1. The Hall–Kier alpha value is -0.800. The van der Waals surface area contributed by atoms with Crippen LogP contribution in [-0.4, -0.2) is 42.8 Å². The van der Waals surface area contributed by atoms with Gasteiger partial charge in [0.2, 0.25) is 0 Å². The molecule has 1 atom stereocenters. The van der Waals surface area contributed by atoms with Crippen LogP contribution in [0.3, 0.4) is 0 Å². The van der Waals surface area contributed by atoms with E-state index in [0.717, 1.165) is 19.6 Å². The smallest absolute Gasteiger partial charge is 0.191 e. The van der Waals surface area contributed by atoms with Crippen LogP contribution in [0.25, 0.3) is 0 Å². The summed E-state index contributed by atoms with van der Waals surface area (Å²) in [6.45, 7) is 12.7. The second kappa shape index (κ2) is 10.1. The first-order chi connectivity index (χ1) is 10.2. The number of nitrogens with one attached hydrogen (secondary N) is 3. The number of halogens is 1. The quantitative estimate of drug-likeness (QED) is 0.227. The fourth-order valence-electron chi connectivity index (χ4n) is 1.86. The number of guanidine groups is 1. The predicted molar refractivity (Wildman–Crippen MR) is 105 cm³/mol. The highest BCUT2D eigenvalue weighted by molar-refractivity contribution is 14.0. The summed E-state index contributed by atoms with van der Waals surface area (Å²) in [6.07, 6.45) is 1.55. The first-order valence-electron chi connectivity index (χ1n) is 7.78. The van der Waals surface area contributed by atoms with E-state index < -0.39 is 5.60 Å². The molecule has 0 bridgehead atoms. The minimum atomic E-state index is -1.12. The number of nitrogens with zero attached hydrogens (tertiary/aromatic N) is 1. The molecule has 0 aliphatic carbocycles. The summed E-state index contributed by atoms with van der Waals surface area (Å²) in [5, 5.41) is 20.2. The molecule has 0 aliphatic rings. The molecule has 4 N–H and O–H groups in total. The standard InChI is InChI=1S/C16H30N4O2.HI/c1-6-17-14(18-9-10-20-15(2,3)4)19-12-16(5,21)13-8-7-11-22-13;/h7-8,11,20-21H,6,9-10,12H2,1-5H3,(H2,17,18,19);1H. The Bertz CT molecular complexity index is 453. The van der Waals surface area contributed by atoms with Crippen molar-refractivity contribution < 1.29 is 9.52 Å². The highest BCUT2D eigenvalue weighted by Crippen LogP contribution is 2.20. The lowest BCUT2D eigenvalue weighted by Crippen LogP contribution is -2.45. The number of aliphatic hydroxyl groups is 1. The van der Waals surface area contributed by atoms with Crippen LogP contribution in [0, 0.1) is 0 Å². The monoisotopic (exact) mass is 438 g/mol. The van der Waals surface area contributed by atoms with Crippen molar-refractivity contribution in [1.82, 2.24) is 16.0 Å². The first kappa shape index (κ1) is 22.2. The van der Waals surface area contributed by atoms with E-state index in [9.17, 15) is 5.11 Å². The van der Waals surface area contributed by atoms with Crippen LogP contribution in [0.15, 0.2) is 27.8 Å². The Kier molecular flexibility index (Phi) is 9.79. The van der Waals surface area contributed by atoms with Crippen LogP contribution < -0.4 is 16.0 Å². The van der Waals surface area contributed by atoms with E-state index in [2.05, 4.69) is 41.7 Å². The largest absolute Gasteiger partial charge is 0.466 e. The fraction of sp³-hybridized carbons (Fsp3) is 0.688. The Morgan fingerprint density at radius 2 is 1.91 bits per heavy atom. The number of rotatable bonds is 7. The van der Waals surface area contributed by atoms with Gasteiger partial charge in [-0.2, -0.15) is 0 Å². The maximum atomic E-state index is 10.4. The van der Waals surface area contributed by atoms with Gasteiger partial charge in [-0.25, -0.2) is 4.99 Å². The molecular weight excluding hydrogens is 407 g/mol. The van der Waals surface area contributed by atoms with Crippen LogP contribution in [0.4, 0.5) is 0 Å². The van der Waals surface area contributed by atoms with Gasteiger partial charge in [-0.05, 0) is 46.8 Å². The second-order valence-corrected chi connectivity index (χ2v) is 6.55. The van der Waals surface area contributed by atoms with Gasteiger partial charge < -0.3 is 25.5 Å². The molecule has 1 unspecified atom stereocenters. The Morgan fingerprint density at radius 1 is 1.22 bits per heavy atom. The lowest BCUT2D eigenvalue weighted by Gasteiger charge is -2.22. The zero-order valence-electron chi connectivity index (χ0n) is 14.8. The molecule has 23 heavy (non-hydrogen) atoms. The van der Waals surface area contributed by atoms with Gasteiger partial charge in [0.15, 0.2) is 5.96 Å². The molecule has 1 aromatic heterocycles. The third kappa shape index (κ3) is 9.17. The molecule has 0 spiro atoms. The topological polar surface area (TPSA) is 81.8 Å². The SMILES string of the molecule is CCNC(=NCC(C)(O)c1ccco1)NCCNC(C)(C)C.I. The summed E-state index contributed by atoms with van der Waals surface area (Å²) < 4.78 is 5.26. The van der Waals surface area contributed by atoms with Crippen LogP contribution in [0.1, 0.15) is 40.4 Å². The first-order valence-corrected chi connectivity index (χ1v) is 7.78. The van der Waals surface area contributed by atoms with Gasteiger partial charge in [0.25, 0.3) is 0 Å². The van der Waals surface area contributed by atoms with Crippen LogP contribution >= 0.6 is 24.0 Å². The number of hydrogen-bond donors (Lipinski definition) is 4. The molecule has 1 aromatic rings. The lowest BCUT2D eigenvalue weighted by molar-refractivity contribution is 0.0437. The van der Waals surface area contributed by atoms with E-state index in [1.54, 1.807) is 25.3 Å². The molecule has 0 fully saturated rings. The third-order valence-corrected chi connectivity index (χ3v) is 3.01. The molecule has 0 amide bonds. The zero-order valence-corrected chi connectivity index (χ0v) is 17.1. The van der Waals surface area contributed by atoms with Gasteiger partial charge in [0.05, 0.1) is 12.8 Å². The summed E-state index contributed by atoms with van der Waals surface area (Å²) in [4.78, 5) is 4.43. The van der Waals surface area contributed by atoms with Crippen LogP contribution in [0.5, 0.6) is 0 Å². The molecule has 134 valence electrons. The molecule has 0 radical (unpaired) electrons. The average molecular weight is 438 g/mol. The summed E-state index contributed by atoms with van der Waals surface area (Å²) in [5.74, 6) is 1.20.